The molecule has 11 heteroatoms. The summed E-state index contributed by atoms with van der Waals surface area (Å²) < 4.78 is 12.2. The molecule has 0 unspecified atom stereocenters. The number of likely N-dealkylation sites (N-methyl/N-ethyl adjacent to an activating group) is 1. The second-order valence-corrected chi connectivity index (χ2v) is 14.4. The van der Waals surface area contributed by atoms with Gasteiger partial charge < -0.3 is 45.4 Å². The van der Waals surface area contributed by atoms with Crippen molar-refractivity contribution in [1.29, 1.82) is 0 Å². The van der Waals surface area contributed by atoms with E-state index in [1.807, 2.05) is 38.1 Å². The first kappa shape index (κ1) is 35.4. The first-order valence-corrected chi connectivity index (χ1v) is 16.7. The Morgan fingerprint density at radius 3 is 2.36 bits per heavy atom. The van der Waals surface area contributed by atoms with Gasteiger partial charge in [0.15, 0.2) is 5.60 Å². The number of carbonyl (C=O) groups is 2. The van der Waals surface area contributed by atoms with Crippen LogP contribution in [0.15, 0.2) is 42.5 Å². The normalized spacial score (nSPS) is 27.9. The highest BCUT2D eigenvalue weighted by atomic mass is 16.8. The van der Waals surface area contributed by atoms with Gasteiger partial charge in [-0.1, -0.05) is 36.4 Å². The first-order valence-electron chi connectivity index (χ1n) is 16.7. The highest BCUT2D eigenvalue weighted by molar-refractivity contribution is 5.88. The van der Waals surface area contributed by atoms with E-state index >= 15 is 0 Å². The molecule has 1 saturated carbocycles. The van der Waals surface area contributed by atoms with Crippen molar-refractivity contribution in [2.75, 3.05) is 33.8 Å². The summed E-state index contributed by atoms with van der Waals surface area (Å²) in [5.41, 5.74) is 1.48. The monoisotopic (exact) mass is 653 g/mol. The Morgan fingerprint density at radius 2 is 1.72 bits per heavy atom. The lowest BCUT2D eigenvalue weighted by Crippen LogP contribution is -2.70. The van der Waals surface area contributed by atoms with Gasteiger partial charge in [0.05, 0.1) is 12.2 Å². The Morgan fingerprint density at radius 1 is 1.04 bits per heavy atom. The fourth-order valence-electron chi connectivity index (χ4n) is 6.65. The zero-order valence-electron chi connectivity index (χ0n) is 28.2. The lowest BCUT2D eigenvalue weighted by Gasteiger charge is -2.50. The van der Waals surface area contributed by atoms with Gasteiger partial charge in [0.25, 0.3) is 0 Å². The number of aryl methyl sites for hydroxylation is 2. The van der Waals surface area contributed by atoms with Crippen LogP contribution in [0, 0.1) is 12.8 Å². The number of rotatable bonds is 14. The number of hydrogen-bond donors (Lipinski definition) is 6. The van der Waals surface area contributed by atoms with Gasteiger partial charge in [-0.2, -0.15) is 0 Å². The topological polar surface area (TPSA) is 161 Å². The summed E-state index contributed by atoms with van der Waals surface area (Å²) in [6.07, 6.45) is -0.438. The predicted molar refractivity (Wildman–Crippen MR) is 175 cm³/mol. The van der Waals surface area contributed by atoms with Crippen LogP contribution in [0.5, 0.6) is 0 Å². The zero-order chi connectivity index (χ0) is 34.1. The molecule has 3 aliphatic rings. The summed E-state index contributed by atoms with van der Waals surface area (Å²) in [6.45, 7) is 6.06. The number of hydrogen-bond acceptors (Lipinski definition) is 9. The van der Waals surface area contributed by atoms with Crippen molar-refractivity contribution in [3.05, 3.63) is 70.3 Å². The molecule has 2 heterocycles. The molecular formula is C36H51N3O8. The molecule has 11 nitrogen and oxygen atoms in total. The minimum absolute atomic E-state index is 0.101. The SMILES string of the molecule is Cc1ccc([C@]23OC[C@](C(C)(C)O)(O2)[C@@H](O)[C@H](O)[C@H]3O)cc1Cc1ccc(CCCC(=O)N[C@H](C(=O)NCCN(C)C)C2CC2)cc1. The number of nitrogens with one attached hydrogen (secondary N) is 2. The Balaban J connectivity index is 1.18. The van der Waals surface area contributed by atoms with Crippen molar-refractivity contribution in [2.24, 2.45) is 5.92 Å². The second-order valence-electron chi connectivity index (χ2n) is 14.4. The highest BCUT2D eigenvalue weighted by Crippen LogP contribution is 2.53. The minimum atomic E-state index is -1.74. The largest absolute Gasteiger partial charge is 0.387 e. The van der Waals surface area contributed by atoms with Gasteiger partial charge in [-0.15, -0.1) is 0 Å². The van der Waals surface area contributed by atoms with Gasteiger partial charge in [0, 0.05) is 25.1 Å². The van der Waals surface area contributed by atoms with Crippen LogP contribution in [0.1, 0.15) is 67.3 Å². The van der Waals surface area contributed by atoms with E-state index in [4.69, 9.17) is 9.47 Å². The summed E-state index contributed by atoms with van der Waals surface area (Å²) >= 11 is 0. The molecule has 1 aliphatic carbocycles. The van der Waals surface area contributed by atoms with Gasteiger partial charge in [-0.25, -0.2) is 0 Å². The summed E-state index contributed by atoms with van der Waals surface area (Å²) in [5, 5.41) is 49.4. The Kier molecular flexibility index (Phi) is 10.5. The Labute approximate surface area is 277 Å². The third-order valence-corrected chi connectivity index (χ3v) is 9.97. The molecule has 6 atom stereocenters. The maximum Gasteiger partial charge on any atom is 0.242 e. The smallest absolute Gasteiger partial charge is 0.242 e. The molecule has 258 valence electrons. The number of amides is 2. The standard InChI is InChI=1S/C36H51N3O8/c1-22-9-16-27(36-32(43)30(41)31(42)35(47-36,21-46-36)34(2,3)45)20-26(22)19-24-12-10-23(11-13-24)7-6-8-28(40)38-29(25-14-15-25)33(44)37-17-18-39(4)5/h9-13,16,20,25,29-32,41-43,45H,6-8,14-15,17-19,21H2,1-5H3,(H,37,44)(H,38,40)/t29-,30-,31-,32+,35-,36-/m0/s1. The van der Waals surface area contributed by atoms with Crippen LogP contribution in [0.3, 0.4) is 0 Å². The Bertz CT molecular complexity index is 1420. The van der Waals surface area contributed by atoms with E-state index in [1.54, 1.807) is 6.07 Å². The quantitative estimate of drug-likeness (QED) is 0.177. The van der Waals surface area contributed by atoms with E-state index in [0.717, 1.165) is 48.1 Å². The first-order chi connectivity index (χ1) is 22.2. The summed E-state index contributed by atoms with van der Waals surface area (Å²) in [6, 6.07) is 13.3. The number of benzene rings is 2. The fourth-order valence-corrected chi connectivity index (χ4v) is 6.65. The van der Waals surface area contributed by atoms with Crippen LogP contribution < -0.4 is 10.6 Å². The molecule has 47 heavy (non-hydrogen) atoms. The van der Waals surface area contributed by atoms with Crippen molar-refractivity contribution < 1.29 is 39.5 Å². The van der Waals surface area contributed by atoms with Crippen LogP contribution in [-0.2, 0) is 37.7 Å². The van der Waals surface area contributed by atoms with Crippen molar-refractivity contribution in [3.8, 4) is 0 Å². The van der Waals surface area contributed by atoms with Crippen LogP contribution in [0.2, 0.25) is 0 Å². The number of nitrogens with zero attached hydrogens (tertiary/aromatic N) is 1. The van der Waals surface area contributed by atoms with Crippen molar-refractivity contribution in [2.45, 2.75) is 101 Å². The molecule has 2 aliphatic heterocycles. The lowest BCUT2D eigenvalue weighted by atomic mass is 9.75. The molecule has 0 spiro atoms. The second kappa shape index (κ2) is 13.9. The molecule has 5 rings (SSSR count). The molecular weight excluding hydrogens is 602 g/mol. The van der Waals surface area contributed by atoms with Gasteiger partial charge in [0.2, 0.25) is 17.6 Å². The van der Waals surface area contributed by atoms with Crippen molar-refractivity contribution >= 4 is 11.8 Å². The molecule has 0 radical (unpaired) electrons. The van der Waals surface area contributed by atoms with E-state index in [1.165, 1.54) is 13.8 Å². The maximum atomic E-state index is 12.7. The molecule has 2 saturated heterocycles. The average Bonchev–Trinajstić information content (AvgIpc) is 3.78. The number of aliphatic hydroxyl groups excluding tert-OH is 3. The lowest BCUT2D eigenvalue weighted by molar-refractivity contribution is -0.348. The van der Waals surface area contributed by atoms with Crippen molar-refractivity contribution in [3.63, 3.8) is 0 Å². The van der Waals surface area contributed by atoms with Crippen LogP contribution >= 0.6 is 0 Å². The van der Waals surface area contributed by atoms with Crippen molar-refractivity contribution in [1.82, 2.24) is 15.5 Å². The van der Waals surface area contributed by atoms with E-state index in [-0.39, 0.29) is 24.3 Å². The van der Waals surface area contributed by atoms with Gasteiger partial charge >= 0.3 is 0 Å². The zero-order valence-corrected chi connectivity index (χ0v) is 28.2. The van der Waals surface area contributed by atoms with Crippen LogP contribution in [-0.4, -0.2) is 106 Å². The Hall–Kier alpha value is -2.90. The number of aliphatic hydroxyl groups is 4. The predicted octanol–water partition coefficient (Wildman–Crippen LogP) is 1.29. The molecule has 2 amide bonds. The van der Waals surface area contributed by atoms with E-state index in [2.05, 4.69) is 34.9 Å². The number of carbonyl (C=O) groups excluding carboxylic acids is 2. The maximum absolute atomic E-state index is 12.7. The third-order valence-electron chi connectivity index (χ3n) is 9.97. The average molecular weight is 654 g/mol. The molecule has 2 aromatic rings. The summed E-state index contributed by atoms with van der Waals surface area (Å²) in [4.78, 5) is 27.3. The molecule has 0 aromatic heterocycles. The third kappa shape index (κ3) is 7.41. The molecule has 6 N–H and O–H groups in total. The van der Waals surface area contributed by atoms with Crippen LogP contribution in [0.25, 0.3) is 0 Å². The molecule has 2 aromatic carbocycles. The summed E-state index contributed by atoms with van der Waals surface area (Å²) in [7, 11) is 3.91. The highest BCUT2D eigenvalue weighted by Gasteiger charge is 2.71. The minimum Gasteiger partial charge on any atom is -0.387 e. The van der Waals surface area contributed by atoms with Crippen LogP contribution in [0.4, 0.5) is 0 Å². The summed E-state index contributed by atoms with van der Waals surface area (Å²) in [5.74, 6) is -1.72. The molecule has 2 bridgehead atoms. The van der Waals surface area contributed by atoms with E-state index in [9.17, 15) is 30.0 Å². The molecule has 3 fully saturated rings. The van der Waals surface area contributed by atoms with Gasteiger partial charge in [-0.3, -0.25) is 9.59 Å². The fraction of sp³-hybridized carbons (Fsp3) is 0.611. The van der Waals surface area contributed by atoms with E-state index < -0.39 is 41.3 Å². The van der Waals surface area contributed by atoms with Gasteiger partial charge in [0.1, 0.15) is 24.4 Å². The van der Waals surface area contributed by atoms with Gasteiger partial charge in [-0.05, 0) is 101 Å². The number of ether oxygens (including phenoxy) is 2. The number of fused-ring (bicyclic) bond motifs is 2. The van der Waals surface area contributed by atoms with E-state index in [0.29, 0.717) is 31.4 Å².